The van der Waals surface area contributed by atoms with Gasteiger partial charge >= 0.3 is 0 Å². The predicted octanol–water partition coefficient (Wildman–Crippen LogP) is -3.73. The maximum Gasteiger partial charge on any atom is 0.187 e. The van der Waals surface area contributed by atoms with Gasteiger partial charge in [-0.2, -0.15) is 0 Å². The Bertz CT molecular complexity index is 312. The molecule has 0 saturated carbocycles. The van der Waals surface area contributed by atoms with Crippen molar-refractivity contribution in [3.05, 3.63) is 0 Å². The number of ether oxygens (including phenoxy) is 3. The van der Waals surface area contributed by atoms with Crippen LogP contribution in [-0.2, 0) is 14.2 Å². The molecule has 2 saturated heterocycles. The van der Waals surface area contributed by atoms with Crippen LogP contribution < -0.4 is 0 Å². The smallest absolute Gasteiger partial charge is 0.187 e. The largest absolute Gasteiger partial charge is 0.394 e. The highest BCUT2D eigenvalue weighted by Crippen LogP contribution is 2.25. The van der Waals surface area contributed by atoms with E-state index < -0.39 is 55.8 Å². The summed E-state index contributed by atoms with van der Waals surface area (Å²) in [6.45, 7) is -0.676. The van der Waals surface area contributed by atoms with Crippen LogP contribution in [0, 0.1) is 0 Å². The van der Waals surface area contributed by atoms with Crippen molar-refractivity contribution in [1.29, 1.82) is 0 Å². The second-order valence-electron chi connectivity index (χ2n) is 4.96. The summed E-state index contributed by atoms with van der Waals surface area (Å²) in [5.41, 5.74) is 0. The van der Waals surface area contributed by atoms with Crippen LogP contribution in [-0.4, -0.2) is 93.1 Å². The maximum atomic E-state index is 9.78. The molecule has 20 heavy (non-hydrogen) atoms. The van der Waals surface area contributed by atoms with E-state index in [1.807, 2.05) is 0 Å². The Morgan fingerprint density at radius 3 is 2.30 bits per heavy atom. The second-order valence-corrected chi connectivity index (χ2v) is 4.96. The Kier molecular flexibility index (Phi) is 5.29. The lowest BCUT2D eigenvalue weighted by atomic mass is 9.99. The van der Waals surface area contributed by atoms with Gasteiger partial charge in [-0.3, -0.25) is 0 Å². The lowest BCUT2D eigenvalue weighted by Gasteiger charge is -2.42. The summed E-state index contributed by atoms with van der Waals surface area (Å²) in [7, 11) is 0. The summed E-state index contributed by atoms with van der Waals surface area (Å²) in [5.74, 6) is 0. The topological polar surface area (TPSA) is 149 Å². The van der Waals surface area contributed by atoms with Gasteiger partial charge in [0.2, 0.25) is 0 Å². The average Bonchev–Trinajstić information content (AvgIpc) is 2.42. The van der Waals surface area contributed by atoms with E-state index in [-0.39, 0.29) is 13.0 Å². The van der Waals surface area contributed by atoms with Crippen molar-refractivity contribution in [2.75, 3.05) is 13.2 Å². The molecule has 0 bridgehead atoms. The van der Waals surface area contributed by atoms with Crippen LogP contribution >= 0.6 is 0 Å². The summed E-state index contributed by atoms with van der Waals surface area (Å²) in [6, 6.07) is 0. The van der Waals surface area contributed by atoms with E-state index in [9.17, 15) is 25.5 Å². The molecule has 2 fully saturated rings. The van der Waals surface area contributed by atoms with E-state index in [2.05, 4.69) is 0 Å². The molecule has 2 rings (SSSR count). The highest BCUT2D eigenvalue weighted by atomic mass is 16.7. The number of hydrogen-bond donors (Lipinski definition) is 6. The van der Waals surface area contributed by atoms with Crippen molar-refractivity contribution in [3.8, 4) is 0 Å². The Balaban J connectivity index is 1.97. The molecular weight excluding hydrogens is 276 g/mol. The van der Waals surface area contributed by atoms with E-state index in [1.165, 1.54) is 0 Å². The zero-order valence-corrected chi connectivity index (χ0v) is 10.6. The molecule has 8 atom stereocenters. The molecule has 0 amide bonds. The molecule has 0 spiro atoms. The highest BCUT2D eigenvalue weighted by molar-refractivity contribution is 4.90. The summed E-state index contributed by atoms with van der Waals surface area (Å²) in [4.78, 5) is 0. The summed E-state index contributed by atoms with van der Waals surface area (Å²) in [5, 5.41) is 56.9. The molecule has 0 aromatic heterocycles. The lowest BCUT2D eigenvalue weighted by molar-refractivity contribution is -0.330. The first-order valence-corrected chi connectivity index (χ1v) is 6.37. The third kappa shape index (κ3) is 3.27. The van der Waals surface area contributed by atoms with Gasteiger partial charge in [-0.15, -0.1) is 0 Å². The Labute approximate surface area is 114 Å². The average molecular weight is 296 g/mol. The van der Waals surface area contributed by atoms with Crippen LogP contribution in [0.5, 0.6) is 0 Å². The van der Waals surface area contributed by atoms with E-state index in [0.717, 1.165) is 0 Å². The van der Waals surface area contributed by atoms with Gasteiger partial charge in [-0.05, 0) is 0 Å². The molecule has 0 radical (unpaired) electrons. The number of aliphatic hydroxyl groups excluding tert-OH is 6. The lowest BCUT2D eigenvalue weighted by Crippen LogP contribution is -2.60. The summed E-state index contributed by atoms with van der Waals surface area (Å²) in [6.07, 6.45) is -9.98. The van der Waals surface area contributed by atoms with Crippen molar-refractivity contribution in [3.63, 3.8) is 0 Å². The SMILES string of the molecule is OC[C@H]1O[C@@H](O[C@@H]2CO[C@@H](O)C[C@@H]2O)[C@H](O)[C@H](O)[C@@H]1O. The number of rotatable bonds is 3. The van der Waals surface area contributed by atoms with Gasteiger partial charge in [0.15, 0.2) is 12.6 Å². The minimum Gasteiger partial charge on any atom is -0.394 e. The van der Waals surface area contributed by atoms with E-state index in [0.29, 0.717) is 0 Å². The molecule has 9 nitrogen and oxygen atoms in total. The van der Waals surface area contributed by atoms with Crippen LogP contribution in [0.25, 0.3) is 0 Å². The third-order valence-electron chi connectivity index (χ3n) is 3.48. The second kappa shape index (κ2) is 6.60. The molecule has 118 valence electrons. The first kappa shape index (κ1) is 16.0. The monoisotopic (exact) mass is 296 g/mol. The number of hydrogen-bond acceptors (Lipinski definition) is 9. The van der Waals surface area contributed by atoms with Crippen molar-refractivity contribution >= 4 is 0 Å². The van der Waals surface area contributed by atoms with Crippen LogP contribution in [0.15, 0.2) is 0 Å². The molecule has 0 aromatic carbocycles. The number of aliphatic hydroxyl groups is 6. The minimum absolute atomic E-state index is 0.0535. The fourth-order valence-electron chi connectivity index (χ4n) is 2.23. The molecule has 2 aliphatic rings. The fourth-order valence-corrected chi connectivity index (χ4v) is 2.23. The Hall–Kier alpha value is -0.360. The Morgan fingerprint density at radius 2 is 1.70 bits per heavy atom. The molecule has 0 aromatic rings. The molecular formula is C11H20O9. The first-order chi connectivity index (χ1) is 9.43. The quantitative estimate of drug-likeness (QED) is 0.309. The zero-order chi connectivity index (χ0) is 14.9. The molecule has 2 heterocycles. The summed E-state index contributed by atoms with van der Waals surface area (Å²) < 4.78 is 15.4. The Morgan fingerprint density at radius 1 is 1.00 bits per heavy atom. The van der Waals surface area contributed by atoms with Gasteiger partial charge in [0.05, 0.1) is 19.3 Å². The van der Waals surface area contributed by atoms with Crippen molar-refractivity contribution in [1.82, 2.24) is 0 Å². The van der Waals surface area contributed by atoms with Crippen LogP contribution in [0.2, 0.25) is 0 Å². The minimum atomic E-state index is -1.54. The fraction of sp³-hybridized carbons (Fsp3) is 1.00. The van der Waals surface area contributed by atoms with Gasteiger partial charge < -0.3 is 44.8 Å². The van der Waals surface area contributed by atoms with Crippen LogP contribution in [0.3, 0.4) is 0 Å². The molecule has 9 heteroatoms. The zero-order valence-electron chi connectivity index (χ0n) is 10.6. The van der Waals surface area contributed by atoms with Crippen LogP contribution in [0.4, 0.5) is 0 Å². The summed E-state index contributed by atoms with van der Waals surface area (Å²) >= 11 is 0. The maximum absolute atomic E-state index is 9.78. The van der Waals surface area contributed by atoms with E-state index in [1.54, 1.807) is 0 Å². The van der Waals surface area contributed by atoms with Crippen molar-refractivity contribution in [2.24, 2.45) is 0 Å². The molecule has 2 aliphatic heterocycles. The molecule has 0 aliphatic carbocycles. The molecule has 0 unspecified atom stereocenters. The van der Waals surface area contributed by atoms with Gasteiger partial charge in [0.1, 0.15) is 30.5 Å². The highest BCUT2D eigenvalue weighted by Gasteiger charge is 2.45. The van der Waals surface area contributed by atoms with Crippen molar-refractivity contribution in [2.45, 2.75) is 55.6 Å². The standard InChI is InChI=1S/C11H20O9/c12-2-5-8(15)9(16)10(17)11(19-5)20-6-3-18-7(14)1-4(6)13/h4-17H,1-3H2/t4-,5+,6+,7+,8+,9+,10+,11-/m0/s1. The van der Waals surface area contributed by atoms with Crippen molar-refractivity contribution < 1.29 is 44.8 Å². The molecule has 6 N–H and O–H groups in total. The van der Waals surface area contributed by atoms with E-state index in [4.69, 9.17) is 19.3 Å². The van der Waals surface area contributed by atoms with Crippen LogP contribution in [0.1, 0.15) is 6.42 Å². The normalized spacial score (nSPS) is 50.1. The first-order valence-electron chi connectivity index (χ1n) is 6.37. The van der Waals surface area contributed by atoms with Gasteiger partial charge in [-0.25, -0.2) is 0 Å². The third-order valence-corrected chi connectivity index (χ3v) is 3.48. The van der Waals surface area contributed by atoms with Gasteiger partial charge in [-0.1, -0.05) is 0 Å². The predicted molar refractivity (Wildman–Crippen MR) is 61.2 cm³/mol. The van der Waals surface area contributed by atoms with Gasteiger partial charge in [0.25, 0.3) is 0 Å². The van der Waals surface area contributed by atoms with Gasteiger partial charge in [0, 0.05) is 6.42 Å². The van der Waals surface area contributed by atoms with E-state index >= 15 is 0 Å².